The summed E-state index contributed by atoms with van der Waals surface area (Å²) in [6.45, 7) is 4.96. The Morgan fingerprint density at radius 1 is 1.55 bits per heavy atom. The van der Waals surface area contributed by atoms with Gasteiger partial charge in [0.05, 0.1) is 16.5 Å². The van der Waals surface area contributed by atoms with Crippen LogP contribution in [0.2, 0.25) is 0 Å². The molecule has 1 atom stereocenters. The van der Waals surface area contributed by atoms with Crippen molar-refractivity contribution in [3.8, 4) is 0 Å². The molecule has 2 rings (SSSR count). The lowest BCUT2D eigenvalue weighted by atomic mass is 10.1. The number of rotatable bonds is 6. The Hall–Kier alpha value is -1.08. The number of nitrogens with zero attached hydrogens (tertiary/aromatic N) is 1. The first kappa shape index (κ1) is 17.3. The van der Waals surface area contributed by atoms with Gasteiger partial charge in [0, 0.05) is 23.6 Å². The Kier molecular flexibility index (Phi) is 6.70. The normalized spacial score (nSPS) is 18.9. The summed E-state index contributed by atoms with van der Waals surface area (Å²) in [5.74, 6) is 1.40. The van der Waals surface area contributed by atoms with Gasteiger partial charge in [-0.2, -0.15) is 0 Å². The Morgan fingerprint density at radius 2 is 2.36 bits per heavy atom. The lowest BCUT2D eigenvalue weighted by molar-refractivity contribution is -0.127. The third kappa shape index (κ3) is 5.28. The van der Waals surface area contributed by atoms with Crippen molar-refractivity contribution in [1.82, 2.24) is 15.6 Å². The fourth-order valence-corrected chi connectivity index (χ4v) is 3.88. The number of aromatic nitrogens is 1. The quantitative estimate of drug-likeness (QED) is 0.833. The highest BCUT2D eigenvalue weighted by molar-refractivity contribution is 7.99. The first-order valence-corrected chi connectivity index (χ1v) is 9.69. The Balaban J connectivity index is 1.71. The fourth-order valence-electron chi connectivity index (χ4n) is 2.22. The van der Waals surface area contributed by atoms with Crippen LogP contribution in [-0.2, 0) is 15.3 Å². The van der Waals surface area contributed by atoms with E-state index in [9.17, 15) is 9.59 Å². The summed E-state index contributed by atoms with van der Waals surface area (Å²) < 4.78 is 0. The lowest BCUT2D eigenvalue weighted by Gasteiger charge is -2.14. The van der Waals surface area contributed by atoms with Crippen molar-refractivity contribution in [3.63, 3.8) is 0 Å². The maximum absolute atomic E-state index is 11.9. The molecular formula is C15H23N3O2S2. The summed E-state index contributed by atoms with van der Waals surface area (Å²) in [7, 11) is 0. The topological polar surface area (TPSA) is 71.1 Å². The minimum absolute atomic E-state index is 0.0584. The molecule has 1 unspecified atom stereocenters. The molecule has 5 nitrogen and oxygen atoms in total. The van der Waals surface area contributed by atoms with Gasteiger partial charge in [-0.3, -0.25) is 9.59 Å². The van der Waals surface area contributed by atoms with E-state index >= 15 is 0 Å². The molecule has 2 heterocycles. The van der Waals surface area contributed by atoms with Crippen LogP contribution in [-0.4, -0.2) is 35.1 Å². The van der Waals surface area contributed by atoms with Gasteiger partial charge in [-0.15, -0.1) is 23.1 Å². The van der Waals surface area contributed by atoms with Crippen LogP contribution in [0.1, 0.15) is 49.7 Å². The van der Waals surface area contributed by atoms with Crippen LogP contribution in [0.3, 0.4) is 0 Å². The van der Waals surface area contributed by atoms with Crippen molar-refractivity contribution < 1.29 is 9.59 Å². The first-order chi connectivity index (χ1) is 10.6. The van der Waals surface area contributed by atoms with Crippen molar-refractivity contribution in [3.05, 3.63) is 16.1 Å². The summed E-state index contributed by atoms with van der Waals surface area (Å²) >= 11 is 3.20. The van der Waals surface area contributed by atoms with Gasteiger partial charge in [0.1, 0.15) is 6.04 Å². The third-order valence-corrected chi connectivity index (χ3v) is 5.58. The molecule has 2 amide bonds. The number of amides is 2. The fraction of sp³-hybridized carbons (Fsp3) is 0.667. The first-order valence-electron chi connectivity index (χ1n) is 7.65. The van der Waals surface area contributed by atoms with Gasteiger partial charge in [0.2, 0.25) is 11.8 Å². The van der Waals surface area contributed by atoms with E-state index in [4.69, 9.17) is 0 Å². The summed E-state index contributed by atoms with van der Waals surface area (Å²) in [6.07, 6.45) is 2.68. The predicted octanol–water partition coefficient (Wildman–Crippen LogP) is 2.28. The van der Waals surface area contributed by atoms with Gasteiger partial charge in [-0.1, -0.05) is 13.8 Å². The summed E-state index contributed by atoms with van der Waals surface area (Å²) in [4.78, 5) is 28.3. The van der Waals surface area contributed by atoms with E-state index in [1.165, 1.54) is 11.8 Å². The summed E-state index contributed by atoms with van der Waals surface area (Å²) in [5, 5.41) is 8.84. The number of hydrogen-bond acceptors (Lipinski definition) is 5. The van der Waals surface area contributed by atoms with Gasteiger partial charge in [0.15, 0.2) is 0 Å². The molecule has 22 heavy (non-hydrogen) atoms. The molecule has 0 radical (unpaired) electrons. The second-order valence-corrected chi connectivity index (χ2v) is 7.61. The van der Waals surface area contributed by atoms with Crippen molar-refractivity contribution in [2.45, 2.75) is 50.8 Å². The van der Waals surface area contributed by atoms with Gasteiger partial charge >= 0.3 is 0 Å². The summed E-state index contributed by atoms with van der Waals surface area (Å²) in [6, 6.07) is -0.373. The molecule has 0 aromatic carbocycles. The number of nitrogens with one attached hydrogen (secondary N) is 2. The monoisotopic (exact) mass is 341 g/mol. The molecule has 1 saturated heterocycles. The minimum Gasteiger partial charge on any atom is -0.354 e. The van der Waals surface area contributed by atoms with Crippen LogP contribution in [0.25, 0.3) is 0 Å². The van der Waals surface area contributed by atoms with E-state index in [0.717, 1.165) is 35.7 Å². The average molecular weight is 342 g/mol. The van der Waals surface area contributed by atoms with Crippen molar-refractivity contribution in [2.24, 2.45) is 0 Å². The molecular weight excluding hydrogens is 318 g/mol. The highest BCUT2D eigenvalue weighted by Crippen LogP contribution is 2.21. The van der Waals surface area contributed by atoms with Gasteiger partial charge in [-0.05, 0) is 19.3 Å². The number of hydrogen-bond donors (Lipinski definition) is 2. The van der Waals surface area contributed by atoms with E-state index in [1.807, 2.05) is 0 Å². The number of thiazole rings is 1. The maximum atomic E-state index is 11.9. The van der Waals surface area contributed by atoms with Crippen LogP contribution in [0.4, 0.5) is 0 Å². The SMILES string of the molecule is CC(C)c1nc(CSCC(=O)NC2CCCCNC2=O)cs1. The van der Waals surface area contributed by atoms with E-state index in [-0.39, 0.29) is 17.9 Å². The Bertz CT molecular complexity index is 517. The zero-order chi connectivity index (χ0) is 15.9. The molecule has 122 valence electrons. The standard InChI is InChI=1S/C15H23N3O2S2/c1-10(2)15-17-11(8-22-15)7-21-9-13(19)18-12-5-3-4-6-16-14(12)20/h8,10,12H,3-7,9H2,1-2H3,(H,16,20)(H,18,19). The van der Waals surface area contributed by atoms with Crippen molar-refractivity contribution >= 4 is 34.9 Å². The van der Waals surface area contributed by atoms with Gasteiger partial charge in [-0.25, -0.2) is 4.98 Å². The molecule has 0 bridgehead atoms. The molecule has 1 aromatic rings. The number of carbonyl (C=O) groups excluding carboxylic acids is 2. The van der Waals surface area contributed by atoms with Crippen molar-refractivity contribution in [1.29, 1.82) is 0 Å². The largest absolute Gasteiger partial charge is 0.354 e. The lowest BCUT2D eigenvalue weighted by Crippen LogP contribution is -2.46. The zero-order valence-electron chi connectivity index (χ0n) is 13.1. The highest BCUT2D eigenvalue weighted by Gasteiger charge is 2.22. The Morgan fingerprint density at radius 3 is 3.09 bits per heavy atom. The van der Waals surface area contributed by atoms with Gasteiger partial charge < -0.3 is 10.6 Å². The van der Waals surface area contributed by atoms with Crippen molar-refractivity contribution in [2.75, 3.05) is 12.3 Å². The minimum atomic E-state index is -0.373. The van der Waals surface area contributed by atoms with E-state index < -0.39 is 0 Å². The molecule has 1 aromatic heterocycles. The third-order valence-electron chi connectivity index (χ3n) is 3.42. The molecule has 0 saturated carbocycles. The molecule has 7 heteroatoms. The van der Waals surface area contributed by atoms with E-state index in [2.05, 4.69) is 34.8 Å². The summed E-state index contributed by atoms with van der Waals surface area (Å²) in [5.41, 5.74) is 1.03. The van der Waals surface area contributed by atoms with Crippen LogP contribution in [0.5, 0.6) is 0 Å². The second kappa shape index (κ2) is 8.53. The average Bonchev–Trinajstić information content (AvgIpc) is 2.86. The zero-order valence-corrected chi connectivity index (χ0v) is 14.7. The maximum Gasteiger partial charge on any atom is 0.242 e. The van der Waals surface area contributed by atoms with Crippen LogP contribution >= 0.6 is 23.1 Å². The molecule has 1 aliphatic heterocycles. The predicted molar refractivity (Wildman–Crippen MR) is 91.2 cm³/mol. The molecule has 0 aliphatic carbocycles. The highest BCUT2D eigenvalue weighted by atomic mass is 32.2. The molecule has 1 fully saturated rings. The van der Waals surface area contributed by atoms with E-state index in [0.29, 0.717) is 18.2 Å². The smallest absolute Gasteiger partial charge is 0.242 e. The van der Waals surface area contributed by atoms with Crippen LogP contribution in [0.15, 0.2) is 5.38 Å². The number of carbonyl (C=O) groups is 2. The molecule has 0 spiro atoms. The second-order valence-electron chi connectivity index (χ2n) is 5.73. The number of thioether (sulfide) groups is 1. The van der Waals surface area contributed by atoms with Crippen LogP contribution < -0.4 is 10.6 Å². The van der Waals surface area contributed by atoms with Crippen LogP contribution in [0, 0.1) is 0 Å². The Labute approximate surface area is 139 Å². The molecule has 1 aliphatic rings. The molecule has 2 N–H and O–H groups in total. The van der Waals surface area contributed by atoms with Gasteiger partial charge in [0.25, 0.3) is 0 Å². The van der Waals surface area contributed by atoms with E-state index in [1.54, 1.807) is 11.3 Å².